The topological polar surface area (TPSA) is 72.2 Å². The predicted molar refractivity (Wildman–Crippen MR) is 86.7 cm³/mol. The molecule has 0 aliphatic carbocycles. The molecule has 0 fully saturated rings. The van der Waals surface area contributed by atoms with Gasteiger partial charge in [0.15, 0.2) is 0 Å². The molecule has 0 spiro atoms. The zero-order chi connectivity index (χ0) is 16.1. The number of nitrogens with two attached hydrogens (primary N) is 1. The quantitative estimate of drug-likeness (QED) is 0.818. The standard InChI is InChI=1S/C16H12BrFN2O2/c17-12-4-7-14(18)11(9-12)3-8-15(21)20-13-5-1-10(2-6-13)16(19)22/h1-9H,(H2,19,22)(H,20,21)/b8-3+. The second-order valence-corrected chi connectivity index (χ2v) is 5.35. The van der Waals surface area contributed by atoms with Gasteiger partial charge in [0.2, 0.25) is 11.8 Å². The first-order valence-electron chi connectivity index (χ1n) is 6.29. The molecule has 3 N–H and O–H groups in total. The molecule has 22 heavy (non-hydrogen) atoms. The van der Waals surface area contributed by atoms with Crippen LogP contribution in [-0.2, 0) is 4.79 Å². The Hall–Kier alpha value is -2.47. The van der Waals surface area contributed by atoms with Gasteiger partial charge in [-0.1, -0.05) is 15.9 Å². The maximum atomic E-state index is 13.5. The number of amides is 2. The molecule has 0 unspecified atom stereocenters. The number of carbonyl (C=O) groups is 2. The van der Waals surface area contributed by atoms with Crippen LogP contribution in [-0.4, -0.2) is 11.8 Å². The minimum atomic E-state index is -0.539. The summed E-state index contributed by atoms with van der Waals surface area (Å²) in [6.07, 6.45) is 2.61. The van der Waals surface area contributed by atoms with Crippen LogP contribution in [0.25, 0.3) is 6.08 Å². The molecule has 0 atom stereocenters. The summed E-state index contributed by atoms with van der Waals surface area (Å²) >= 11 is 3.24. The summed E-state index contributed by atoms with van der Waals surface area (Å²) in [5.74, 6) is -1.37. The normalized spacial score (nSPS) is 10.6. The van der Waals surface area contributed by atoms with Crippen LogP contribution >= 0.6 is 15.9 Å². The van der Waals surface area contributed by atoms with Crippen molar-refractivity contribution in [1.82, 2.24) is 0 Å². The van der Waals surface area contributed by atoms with Crippen molar-refractivity contribution in [2.45, 2.75) is 0 Å². The highest BCUT2D eigenvalue weighted by molar-refractivity contribution is 9.10. The molecule has 6 heteroatoms. The number of hydrogen-bond acceptors (Lipinski definition) is 2. The van der Waals surface area contributed by atoms with Crippen molar-refractivity contribution in [2.24, 2.45) is 5.73 Å². The Morgan fingerprint density at radius 1 is 1.14 bits per heavy atom. The van der Waals surface area contributed by atoms with Crippen molar-refractivity contribution in [2.75, 3.05) is 5.32 Å². The van der Waals surface area contributed by atoms with Crippen LogP contribution in [0, 0.1) is 5.82 Å². The fourth-order valence-electron chi connectivity index (χ4n) is 1.71. The smallest absolute Gasteiger partial charge is 0.248 e. The van der Waals surface area contributed by atoms with E-state index in [0.29, 0.717) is 16.8 Å². The number of rotatable bonds is 4. The monoisotopic (exact) mass is 362 g/mol. The molecule has 0 bridgehead atoms. The van der Waals surface area contributed by atoms with E-state index in [1.54, 1.807) is 24.3 Å². The summed E-state index contributed by atoms with van der Waals surface area (Å²) in [6.45, 7) is 0. The highest BCUT2D eigenvalue weighted by atomic mass is 79.9. The Labute approximate surface area is 135 Å². The van der Waals surface area contributed by atoms with Gasteiger partial charge in [-0.15, -0.1) is 0 Å². The fraction of sp³-hybridized carbons (Fsp3) is 0. The Bertz CT molecular complexity index is 742. The lowest BCUT2D eigenvalue weighted by atomic mass is 10.2. The first kappa shape index (κ1) is 15.9. The van der Waals surface area contributed by atoms with Gasteiger partial charge in [-0.3, -0.25) is 9.59 Å². The Balaban J connectivity index is 2.04. The van der Waals surface area contributed by atoms with Gasteiger partial charge in [0.05, 0.1) is 0 Å². The second kappa shape index (κ2) is 7.00. The third-order valence-electron chi connectivity index (χ3n) is 2.81. The van der Waals surface area contributed by atoms with E-state index in [-0.39, 0.29) is 0 Å². The Kier molecular flexibility index (Phi) is 5.06. The van der Waals surface area contributed by atoms with E-state index in [9.17, 15) is 14.0 Å². The zero-order valence-corrected chi connectivity index (χ0v) is 12.9. The molecule has 0 aliphatic heterocycles. The van der Waals surface area contributed by atoms with Crippen molar-refractivity contribution in [3.63, 3.8) is 0 Å². The van der Waals surface area contributed by atoms with Gasteiger partial charge in [0, 0.05) is 27.4 Å². The number of nitrogens with one attached hydrogen (secondary N) is 1. The number of hydrogen-bond donors (Lipinski definition) is 2. The van der Waals surface area contributed by atoms with E-state index in [1.165, 1.54) is 30.4 Å². The first-order valence-corrected chi connectivity index (χ1v) is 7.09. The molecule has 0 aliphatic rings. The van der Waals surface area contributed by atoms with Crippen LogP contribution in [0.5, 0.6) is 0 Å². The SMILES string of the molecule is NC(=O)c1ccc(NC(=O)/C=C/c2cc(Br)ccc2F)cc1. The maximum absolute atomic E-state index is 13.5. The summed E-state index contributed by atoms with van der Waals surface area (Å²) in [6, 6.07) is 10.6. The third kappa shape index (κ3) is 4.26. The summed E-state index contributed by atoms with van der Waals surface area (Å²) in [5, 5.41) is 2.60. The summed E-state index contributed by atoms with van der Waals surface area (Å²) in [5.41, 5.74) is 6.29. The maximum Gasteiger partial charge on any atom is 0.248 e. The van der Waals surface area contributed by atoms with Gasteiger partial charge in [-0.25, -0.2) is 4.39 Å². The van der Waals surface area contributed by atoms with Gasteiger partial charge >= 0.3 is 0 Å². The van der Waals surface area contributed by atoms with E-state index in [0.717, 1.165) is 4.47 Å². The van der Waals surface area contributed by atoms with Crippen LogP contribution in [0.2, 0.25) is 0 Å². The molecule has 0 radical (unpaired) electrons. The molecule has 0 heterocycles. The number of carbonyl (C=O) groups excluding carboxylic acids is 2. The molecule has 0 saturated heterocycles. The first-order chi connectivity index (χ1) is 10.5. The average Bonchev–Trinajstić information content (AvgIpc) is 2.49. The molecular formula is C16H12BrFN2O2. The van der Waals surface area contributed by atoms with Crippen LogP contribution in [0.15, 0.2) is 53.0 Å². The van der Waals surface area contributed by atoms with E-state index in [1.807, 2.05) is 0 Å². The number of halogens is 2. The van der Waals surface area contributed by atoms with Crippen molar-refractivity contribution >= 4 is 39.5 Å². The molecule has 2 aromatic rings. The Morgan fingerprint density at radius 2 is 1.82 bits per heavy atom. The van der Waals surface area contributed by atoms with E-state index < -0.39 is 17.6 Å². The largest absolute Gasteiger partial charge is 0.366 e. The van der Waals surface area contributed by atoms with Crippen molar-refractivity contribution < 1.29 is 14.0 Å². The van der Waals surface area contributed by atoms with Gasteiger partial charge in [0.1, 0.15) is 5.82 Å². The van der Waals surface area contributed by atoms with E-state index in [2.05, 4.69) is 21.2 Å². The Morgan fingerprint density at radius 3 is 2.45 bits per heavy atom. The molecule has 2 rings (SSSR count). The van der Waals surface area contributed by atoms with Crippen LogP contribution in [0.3, 0.4) is 0 Å². The summed E-state index contributed by atoms with van der Waals surface area (Å²) < 4.78 is 14.2. The number of anilines is 1. The molecule has 112 valence electrons. The van der Waals surface area contributed by atoms with Crippen LogP contribution in [0.4, 0.5) is 10.1 Å². The fourth-order valence-corrected chi connectivity index (χ4v) is 2.09. The van der Waals surface area contributed by atoms with Gasteiger partial charge in [-0.05, 0) is 48.5 Å². The molecule has 4 nitrogen and oxygen atoms in total. The minimum Gasteiger partial charge on any atom is -0.366 e. The van der Waals surface area contributed by atoms with E-state index >= 15 is 0 Å². The summed E-state index contributed by atoms with van der Waals surface area (Å²) in [4.78, 5) is 22.7. The predicted octanol–water partition coefficient (Wildman–Crippen LogP) is 3.34. The molecule has 0 saturated carbocycles. The molecule has 2 amide bonds. The third-order valence-corrected chi connectivity index (χ3v) is 3.30. The van der Waals surface area contributed by atoms with Crippen LogP contribution < -0.4 is 11.1 Å². The molecular weight excluding hydrogens is 351 g/mol. The summed E-state index contributed by atoms with van der Waals surface area (Å²) in [7, 11) is 0. The minimum absolute atomic E-state index is 0.300. The molecule has 0 aromatic heterocycles. The number of benzene rings is 2. The zero-order valence-electron chi connectivity index (χ0n) is 11.3. The van der Waals surface area contributed by atoms with Crippen molar-refractivity contribution in [1.29, 1.82) is 0 Å². The number of primary amides is 1. The van der Waals surface area contributed by atoms with Crippen molar-refractivity contribution in [3.8, 4) is 0 Å². The highest BCUT2D eigenvalue weighted by Gasteiger charge is 2.03. The second-order valence-electron chi connectivity index (χ2n) is 4.43. The lowest BCUT2D eigenvalue weighted by molar-refractivity contribution is -0.111. The van der Waals surface area contributed by atoms with Crippen molar-refractivity contribution in [3.05, 3.63) is 70.0 Å². The van der Waals surface area contributed by atoms with Gasteiger partial charge < -0.3 is 11.1 Å². The van der Waals surface area contributed by atoms with E-state index in [4.69, 9.17) is 5.73 Å². The lowest BCUT2D eigenvalue weighted by Crippen LogP contribution is -2.11. The van der Waals surface area contributed by atoms with Crippen LogP contribution in [0.1, 0.15) is 15.9 Å². The molecule has 2 aromatic carbocycles. The highest BCUT2D eigenvalue weighted by Crippen LogP contribution is 2.17. The van der Waals surface area contributed by atoms with Gasteiger partial charge in [0.25, 0.3) is 0 Å². The lowest BCUT2D eigenvalue weighted by Gasteiger charge is -2.03. The average molecular weight is 363 g/mol. The van der Waals surface area contributed by atoms with Gasteiger partial charge in [-0.2, -0.15) is 0 Å².